The number of hydrogen-bond acceptors (Lipinski definition) is 6. The summed E-state index contributed by atoms with van der Waals surface area (Å²) in [6.45, 7) is 0.685. The molecule has 3 atom stereocenters. The Morgan fingerprint density at radius 3 is 2.67 bits per heavy atom. The summed E-state index contributed by atoms with van der Waals surface area (Å²) in [6, 6.07) is 0.951. The van der Waals surface area contributed by atoms with Crippen LogP contribution in [0.2, 0.25) is 0 Å². The zero-order chi connectivity index (χ0) is 16.8. The fraction of sp³-hybridized carbons (Fsp3) is 0.500. The van der Waals surface area contributed by atoms with Gasteiger partial charge in [0, 0.05) is 6.42 Å². The molecule has 8 heteroatoms. The Kier molecular flexibility index (Phi) is 3.93. The molecule has 2 aliphatic rings. The summed E-state index contributed by atoms with van der Waals surface area (Å²) in [4.78, 5) is 0. The molecule has 4 rings (SSSR count). The first-order chi connectivity index (χ1) is 11.6. The molecule has 1 aromatic heterocycles. The maximum atomic E-state index is 14.4. The van der Waals surface area contributed by atoms with Crippen LogP contribution in [-0.4, -0.2) is 35.6 Å². The molecule has 7 nitrogen and oxygen atoms in total. The lowest BCUT2D eigenvalue weighted by atomic mass is 10.1. The maximum absolute atomic E-state index is 14.4. The molecular formula is C16H18FNO6. The van der Waals surface area contributed by atoms with Crippen molar-refractivity contribution in [3.05, 3.63) is 28.9 Å². The van der Waals surface area contributed by atoms with Gasteiger partial charge in [-0.05, 0) is 18.9 Å². The molecule has 1 saturated carbocycles. The fourth-order valence-electron chi connectivity index (χ4n) is 3.49. The Morgan fingerprint density at radius 2 is 2.00 bits per heavy atom. The molecule has 1 saturated heterocycles. The van der Waals surface area contributed by atoms with E-state index in [1.54, 1.807) is 0 Å². The second-order valence-electron chi connectivity index (χ2n) is 6.20. The number of ether oxygens (including phenoxy) is 2. The molecule has 2 fully saturated rings. The number of hydroxylamine groups is 1. The number of halogens is 1. The van der Waals surface area contributed by atoms with Gasteiger partial charge in [0.05, 0.1) is 24.2 Å². The average molecular weight is 339 g/mol. The highest BCUT2D eigenvalue weighted by molar-refractivity contribution is 5.89. The molecule has 1 aromatic carbocycles. The van der Waals surface area contributed by atoms with Gasteiger partial charge < -0.3 is 34.4 Å². The number of fused-ring (bicyclic) bond motifs is 1. The molecular weight excluding hydrogens is 321 g/mol. The van der Waals surface area contributed by atoms with E-state index in [-0.39, 0.29) is 27.3 Å². The van der Waals surface area contributed by atoms with Gasteiger partial charge in [0.15, 0.2) is 29.6 Å². The quantitative estimate of drug-likeness (QED) is 0.728. The third kappa shape index (κ3) is 2.38. The van der Waals surface area contributed by atoms with Crippen molar-refractivity contribution >= 4 is 16.7 Å². The number of quaternary nitrogens is 1. The Balaban J connectivity index is 1.79. The van der Waals surface area contributed by atoms with Crippen molar-refractivity contribution in [2.24, 2.45) is 0 Å². The Morgan fingerprint density at radius 1 is 1.25 bits per heavy atom. The number of benzene rings is 1. The number of phenols is 1. The lowest BCUT2D eigenvalue weighted by Gasteiger charge is -2.29. The van der Waals surface area contributed by atoms with Crippen LogP contribution in [-0.2, 0) is 9.47 Å². The van der Waals surface area contributed by atoms with E-state index in [4.69, 9.17) is 13.9 Å². The van der Waals surface area contributed by atoms with Gasteiger partial charge in [0.2, 0.25) is 5.82 Å². The van der Waals surface area contributed by atoms with Crippen molar-refractivity contribution < 1.29 is 33.6 Å². The standard InChI is InChI=1S/C16H18FNO6/c17-13-14(20)9(16-22-4-5-23-16)6-8-11(7-24-15(8)13)18(21)10-2-1-3-12(10)19/h6-7,10,12,16,18-20H,1-5H2/t10-,12-/m0/s1. The third-order valence-electron chi connectivity index (χ3n) is 4.77. The molecule has 1 aliphatic carbocycles. The topological polar surface area (TPSA) is 99.6 Å². The smallest absolute Gasteiger partial charge is 0.208 e. The first-order valence-corrected chi connectivity index (χ1v) is 7.96. The summed E-state index contributed by atoms with van der Waals surface area (Å²) in [6.07, 6.45) is 1.56. The van der Waals surface area contributed by atoms with Gasteiger partial charge in [-0.2, -0.15) is 4.39 Å². The van der Waals surface area contributed by atoms with Crippen LogP contribution < -0.4 is 5.06 Å². The SMILES string of the molecule is [O-][NH+](c1coc2c(F)c(O)c(C3OCCO3)cc12)[C@H]1CCC[C@@H]1O. The van der Waals surface area contributed by atoms with Crippen LogP contribution in [0.3, 0.4) is 0 Å². The van der Waals surface area contributed by atoms with Crippen LogP contribution in [0.4, 0.5) is 10.1 Å². The van der Waals surface area contributed by atoms with Crippen LogP contribution in [0, 0.1) is 11.0 Å². The zero-order valence-corrected chi connectivity index (χ0v) is 12.8. The van der Waals surface area contributed by atoms with Crippen molar-refractivity contribution in [2.45, 2.75) is 37.7 Å². The van der Waals surface area contributed by atoms with E-state index < -0.39 is 30.0 Å². The molecule has 0 radical (unpaired) electrons. The number of hydrogen-bond donors (Lipinski definition) is 3. The van der Waals surface area contributed by atoms with Crippen molar-refractivity contribution in [3.8, 4) is 5.75 Å². The molecule has 3 N–H and O–H groups in total. The lowest BCUT2D eigenvalue weighted by Crippen LogP contribution is -3.07. The maximum Gasteiger partial charge on any atom is 0.208 e. The summed E-state index contributed by atoms with van der Waals surface area (Å²) in [5.74, 6) is -1.56. The first-order valence-electron chi connectivity index (χ1n) is 7.96. The summed E-state index contributed by atoms with van der Waals surface area (Å²) >= 11 is 0. The number of aliphatic hydroxyl groups is 1. The molecule has 0 spiro atoms. The van der Waals surface area contributed by atoms with Gasteiger partial charge in [-0.1, -0.05) is 0 Å². The Hall–Kier alpha value is -1.71. The van der Waals surface area contributed by atoms with E-state index in [0.717, 1.165) is 6.42 Å². The van der Waals surface area contributed by atoms with Gasteiger partial charge in [0.1, 0.15) is 12.1 Å². The Bertz CT molecular complexity index is 757. The minimum atomic E-state index is -0.951. The van der Waals surface area contributed by atoms with E-state index in [2.05, 4.69) is 0 Å². The van der Waals surface area contributed by atoms with Crippen LogP contribution in [0.15, 0.2) is 16.7 Å². The van der Waals surface area contributed by atoms with Crippen LogP contribution in [0.25, 0.3) is 11.0 Å². The number of nitrogens with one attached hydrogen (secondary N) is 1. The van der Waals surface area contributed by atoms with E-state index >= 15 is 0 Å². The van der Waals surface area contributed by atoms with Crippen molar-refractivity contribution in [1.29, 1.82) is 0 Å². The second-order valence-corrected chi connectivity index (χ2v) is 6.20. The molecule has 0 bridgehead atoms. The minimum absolute atomic E-state index is 0.125. The summed E-state index contributed by atoms with van der Waals surface area (Å²) < 4.78 is 30.2. The normalized spacial score (nSPS) is 26.5. The van der Waals surface area contributed by atoms with E-state index in [9.17, 15) is 19.8 Å². The number of aromatic hydroxyl groups is 1. The zero-order valence-electron chi connectivity index (χ0n) is 12.8. The highest BCUT2D eigenvalue weighted by atomic mass is 19.1. The van der Waals surface area contributed by atoms with Crippen LogP contribution in [0.1, 0.15) is 31.1 Å². The second kappa shape index (κ2) is 5.98. The van der Waals surface area contributed by atoms with Gasteiger partial charge in [-0.3, -0.25) is 0 Å². The third-order valence-corrected chi connectivity index (χ3v) is 4.77. The monoisotopic (exact) mass is 339 g/mol. The van der Waals surface area contributed by atoms with Crippen LogP contribution >= 0.6 is 0 Å². The molecule has 2 heterocycles. The van der Waals surface area contributed by atoms with Gasteiger partial charge in [-0.25, -0.2) is 0 Å². The number of aliphatic hydroxyl groups excluding tert-OH is 1. The number of furan rings is 1. The minimum Gasteiger partial charge on any atom is -0.628 e. The van der Waals surface area contributed by atoms with Crippen molar-refractivity contribution in [2.75, 3.05) is 13.2 Å². The van der Waals surface area contributed by atoms with Crippen molar-refractivity contribution in [3.63, 3.8) is 0 Å². The van der Waals surface area contributed by atoms with E-state index in [1.165, 1.54) is 12.3 Å². The number of phenolic OH excluding ortho intramolecular Hbond substituents is 1. The predicted molar refractivity (Wildman–Crippen MR) is 80.1 cm³/mol. The predicted octanol–water partition coefficient (Wildman–Crippen LogP) is 1.25. The van der Waals surface area contributed by atoms with Gasteiger partial charge >= 0.3 is 0 Å². The lowest BCUT2D eigenvalue weighted by molar-refractivity contribution is -0.809. The highest BCUT2D eigenvalue weighted by Crippen LogP contribution is 2.39. The summed E-state index contributed by atoms with van der Waals surface area (Å²) in [5, 5.41) is 32.7. The van der Waals surface area contributed by atoms with Crippen LogP contribution in [0.5, 0.6) is 5.75 Å². The summed E-state index contributed by atoms with van der Waals surface area (Å²) in [5.41, 5.74) is 0.138. The molecule has 2 aromatic rings. The molecule has 1 unspecified atom stereocenters. The van der Waals surface area contributed by atoms with E-state index in [0.29, 0.717) is 26.1 Å². The highest BCUT2D eigenvalue weighted by Gasteiger charge is 2.34. The van der Waals surface area contributed by atoms with Gasteiger partial charge in [-0.15, -0.1) is 0 Å². The molecule has 130 valence electrons. The molecule has 24 heavy (non-hydrogen) atoms. The Labute approximate surface area is 136 Å². The first kappa shape index (κ1) is 15.8. The molecule has 0 amide bonds. The fourth-order valence-corrected chi connectivity index (χ4v) is 3.49. The molecule has 1 aliphatic heterocycles. The largest absolute Gasteiger partial charge is 0.628 e. The average Bonchev–Trinajstić information content (AvgIpc) is 3.30. The van der Waals surface area contributed by atoms with Crippen molar-refractivity contribution in [1.82, 2.24) is 0 Å². The van der Waals surface area contributed by atoms with E-state index in [1.807, 2.05) is 0 Å². The van der Waals surface area contributed by atoms with Gasteiger partial charge in [0.25, 0.3) is 0 Å². The number of rotatable bonds is 3. The summed E-state index contributed by atoms with van der Waals surface area (Å²) in [7, 11) is 0.